The van der Waals surface area contributed by atoms with E-state index in [0.29, 0.717) is 25.1 Å². The smallest absolute Gasteiger partial charge is 0.238 e. The summed E-state index contributed by atoms with van der Waals surface area (Å²) in [5.41, 5.74) is 0.553. The maximum Gasteiger partial charge on any atom is 0.238 e. The maximum atomic E-state index is 14.2. The van der Waals surface area contributed by atoms with Gasteiger partial charge in [0, 0.05) is 20.2 Å². The summed E-state index contributed by atoms with van der Waals surface area (Å²) >= 11 is 0. The van der Waals surface area contributed by atoms with E-state index >= 15 is 0 Å². The molecule has 1 aromatic heterocycles. The van der Waals surface area contributed by atoms with Crippen LogP contribution in [-0.4, -0.2) is 35.0 Å². The number of aromatic nitrogens is 2. The van der Waals surface area contributed by atoms with Crippen molar-refractivity contribution in [3.8, 4) is 11.6 Å². The molecule has 0 radical (unpaired) electrons. The molecule has 2 N–H and O–H groups in total. The van der Waals surface area contributed by atoms with Crippen molar-refractivity contribution in [2.24, 2.45) is 0 Å². The fourth-order valence-electron chi connectivity index (χ4n) is 1.71. The molecule has 0 aliphatic heterocycles. The van der Waals surface area contributed by atoms with E-state index in [4.69, 9.17) is 9.84 Å². The minimum Gasteiger partial charge on any atom is -0.434 e. The molecule has 0 aliphatic carbocycles. The van der Waals surface area contributed by atoms with E-state index < -0.39 is 5.82 Å². The van der Waals surface area contributed by atoms with Crippen LogP contribution in [0.5, 0.6) is 11.6 Å². The molecule has 0 bridgehead atoms. The summed E-state index contributed by atoms with van der Waals surface area (Å²) < 4.78 is 19.6. The predicted octanol–water partition coefficient (Wildman–Crippen LogP) is 1.78. The van der Waals surface area contributed by atoms with Crippen LogP contribution >= 0.6 is 0 Å². The van der Waals surface area contributed by atoms with Crippen molar-refractivity contribution in [2.75, 3.05) is 19.7 Å². The summed E-state index contributed by atoms with van der Waals surface area (Å²) in [6.07, 6.45) is 2.04. The maximum absolute atomic E-state index is 14.2. The number of ether oxygens (including phenoxy) is 1. The SMILES string of the molecule is OCCNCCc1cccc(Oc2cccnn2)c1F.[HH]. The lowest BCUT2D eigenvalue weighted by Crippen LogP contribution is -2.21. The Labute approximate surface area is 117 Å². The minimum atomic E-state index is -0.399. The Kier molecular flexibility index (Phi) is 5.40. The summed E-state index contributed by atoms with van der Waals surface area (Å²) in [7, 11) is 0. The number of hydrogen-bond acceptors (Lipinski definition) is 5. The lowest BCUT2D eigenvalue weighted by atomic mass is 10.1. The highest BCUT2D eigenvalue weighted by atomic mass is 19.1. The molecule has 1 aromatic carbocycles. The summed E-state index contributed by atoms with van der Waals surface area (Å²) in [5, 5.41) is 19.1. The first-order valence-electron chi connectivity index (χ1n) is 6.36. The van der Waals surface area contributed by atoms with Crippen LogP contribution in [0.2, 0.25) is 0 Å². The molecule has 2 aromatic rings. The molecule has 0 saturated carbocycles. The van der Waals surface area contributed by atoms with Crippen molar-refractivity contribution >= 4 is 0 Å². The largest absolute Gasteiger partial charge is 0.434 e. The Morgan fingerprint density at radius 3 is 2.90 bits per heavy atom. The van der Waals surface area contributed by atoms with Gasteiger partial charge in [0.15, 0.2) is 11.6 Å². The third kappa shape index (κ3) is 3.97. The first-order chi connectivity index (χ1) is 9.81. The third-order valence-electron chi connectivity index (χ3n) is 2.67. The molecule has 0 saturated heterocycles. The molecule has 0 spiro atoms. The minimum absolute atomic E-state index is 0. The van der Waals surface area contributed by atoms with E-state index in [1.807, 2.05) is 0 Å². The molecule has 2 rings (SSSR count). The molecule has 0 unspecified atom stereocenters. The number of benzene rings is 1. The summed E-state index contributed by atoms with van der Waals surface area (Å²) in [6, 6.07) is 8.27. The van der Waals surface area contributed by atoms with Crippen LogP contribution < -0.4 is 10.1 Å². The predicted molar refractivity (Wildman–Crippen MR) is 74.3 cm³/mol. The average Bonchev–Trinajstić information content (AvgIpc) is 2.48. The molecule has 6 heteroatoms. The summed E-state index contributed by atoms with van der Waals surface area (Å²) in [5.74, 6) is -0.0175. The molecule has 5 nitrogen and oxygen atoms in total. The van der Waals surface area contributed by atoms with Crippen LogP contribution in [0.3, 0.4) is 0 Å². The van der Waals surface area contributed by atoms with E-state index in [9.17, 15) is 4.39 Å². The topological polar surface area (TPSA) is 67.3 Å². The number of aliphatic hydroxyl groups is 1. The van der Waals surface area contributed by atoms with Gasteiger partial charge in [-0.15, -0.1) is 5.10 Å². The van der Waals surface area contributed by atoms with Gasteiger partial charge in [-0.05, 0) is 30.7 Å². The van der Waals surface area contributed by atoms with Crippen LogP contribution in [-0.2, 0) is 6.42 Å². The van der Waals surface area contributed by atoms with Crippen molar-refractivity contribution < 1.29 is 15.7 Å². The second-order valence-electron chi connectivity index (χ2n) is 4.12. The fraction of sp³-hybridized carbons (Fsp3) is 0.286. The highest BCUT2D eigenvalue weighted by Gasteiger charge is 2.10. The first kappa shape index (κ1) is 14.4. The molecule has 1 heterocycles. The Bertz CT molecular complexity index is 543. The molecule has 0 amide bonds. The van der Waals surface area contributed by atoms with E-state index in [1.165, 1.54) is 6.20 Å². The lowest BCUT2D eigenvalue weighted by molar-refractivity contribution is 0.292. The second-order valence-corrected chi connectivity index (χ2v) is 4.12. The lowest BCUT2D eigenvalue weighted by Gasteiger charge is -2.09. The molecule has 20 heavy (non-hydrogen) atoms. The Balaban J connectivity index is 0.00000220. The zero-order chi connectivity index (χ0) is 14.2. The van der Waals surface area contributed by atoms with Gasteiger partial charge in [-0.1, -0.05) is 12.1 Å². The normalized spacial score (nSPS) is 10.5. The Morgan fingerprint density at radius 2 is 2.15 bits per heavy atom. The standard InChI is InChI=1S/C14H16FN3O2.H2/c15-14-11(6-8-16-9-10-19)3-1-4-12(14)20-13-5-2-7-17-18-13;/h1-5,7,16,19H,6,8-10H2;1H. The van der Waals surface area contributed by atoms with E-state index in [0.717, 1.165) is 0 Å². The number of rotatable bonds is 7. The Hall–Kier alpha value is -2.05. The van der Waals surface area contributed by atoms with Gasteiger partial charge in [0.1, 0.15) is 0 Å². The number of nitrogens with one attached hydrogen (secondary N) is 1. The highest BCUT2D eigenvalue weighted by Crippen LogP contribution is 2.24. The van der Waals surface area contributed by atoms with Gasteiger partial charge in [-0.25, -0.2) is 4.39 Å². The second kappa shape index (κ2) is 7.52. The van der Waals surface area contributed by atoms with Gasteiger partial charge in [-0.3, -0.25) is 0 Å². The van der Waals surface area contributed by atoms with Crippen LogP contribution in [0.1, 0.15) is 6.99 Å². The third-order valence-corrected chi connectivity index (χ3v) is 2.67. The van der Waals surface area contributed by atoms with Crippen LogP contribution in [0.15, 0.2) is 36.5 Å². The van der Waals surface area contributed by atoms with Crippen molar-refractivity contribution in [1.29, 1.82) is 0 Å². The number of halogens is 1. The molecular formula is C14H18FN3O2. The number of hydrogen-bond donors (Lipinski definition) is 2. The molecule has 108 valence electrons. The van der Waals surface area contributed by atoms with Gasteiger partial charge < -0.3 is 15.2 Å². The average molecular weight is 279 g/mol. The zero-order valence-electron chi connectivity index (χ0n) is 10.9. The van der Waals surface area contributed by atoms with Gasteiger partial charge in [-0.2, -0.15) is 5.10 Å². The number of nitrogens with zero attached hydrogens (tertiary/aromatic N) is 2. The number of aliphatic hydroxyl groups excluding tert-OH is 1. The van der Waals surface area contributed by atoms with Crippen LogP contribution in [0.4, 0.5) is 4.39 Å². The first-order valence-corrected chi connectivity index (χ1v) is 6.36. The van der Waals surface area contributed by atoms with E-state index in [2.05, 4.69) is 15.5 Å². The molecule has 0 atom stereocenters. The monoisotopic (exact) mass is 279 g/mol. The van der Waals surface area contributed by atoms with Crippen molar-refractivity contribution in [2.45, 2.75) is 6.42 Å². The summed E-state index contributed by atoms with van der Waals surface area (Å²) in [6.45, 7) is 1.15. The zero-order valence-corrected chi connectivity index (χ0v) is 10.9. The quantitative estimate of drug-likeness (QED) is 0.756. The van der Waals surface area contributed by atoms with Gasteiger partial charge in [0.25, 0.3) is 0 Å². The molecule has 0 fully saturated rings. The highest BCUT2D eigenvalue weighted by molar-refractivity contribution is 5.33. The van der Waals surface area contributed by atoms with Crippen molar-refractivity contribution in [3.63, 3.8) is 0 Å². The van der Waals surface area contributed by atoms with E-state index in [1.54, 1.807) is 30.3 Å². The van der Waals surface area contributed by atoms with Gasteiger partial charge in [0.05, 0.1) is 6.61 Å². The van der Waals surface area contributed by atoms with Crippen LogP contribution in [0.25, 0.3) is 0 Å². The van der Waals surface area contributed by atoms with Gasteiger partial charge in [0.2, 0.25) is 5.88 Å². The van der Waals surface area contributed by atoms with Crippen molar-refractivity contribution in [3.05, 3.63) is 47.9 Å². The van der Waals surface area contributed by atoms with E-state index in [-0.39, 0.29) is 19.7 Å². The molecule has 0 aliphatic rings. The van der Waals surface area contributed by atoms with Gasteiger partial charge >= 0.3 is 0 Å². The van der Waals surface area contributed by atoms with Crippen molar-refractivity contribution in [1.82, 2.24) is 15.5 Å². The molecular weight excluding hydrogens is 261 g/mol. The Morgan fingerprint density at radius 1 is 1.25 bits per heavy atom. The fourth-order valence-corrected chi connectivity index (χ4v) is 1.71. The summed E-state index contributed by atoms with van der Waals surface area (Å²) in [4.78, 5) is 0. The van der Waals surface area contributed by atoms with Crippen LogP contribution in [0, 0.1) is 5.82 Å².